The van der Waals surface area contributed by atoms with Gasteiger partial charge in [0.2, 0.25) is 5.91 Å². The van der Waals surface area contributed by atoms with E-state index in [9.17, 15) is 4.79 Å². The second-order valence-corrected chi connectivity index (χ2v) is 4.52. The van der Waals surface area contributed by atoms with E-state index in [4.69, 9.17) is 4.42 Å². The van der Waals surface area contributed by atoms with E-state index in [1.54, 1.807) is 19.4 Å². The Balaban J connectivity index is 2.17. The van der Waals surface area contributed by atoms with Crippen LogP contribution in [0.2, 0.25) is 0 Å². The van der Waals surface area contributed by atoms with Crippen molar-refractivity contribution in [1.29, 1.82) is 0 Å². The van der Waals surface area contributed by atoms with E-state index in [2.05, 4.69) is 15.3 Å². The molecule has 102 valence electrons. The van der Waals surface area contributed by atoms with Gasteiger partial charge in [-0.15, -0.1) is 0 Å². The first-order chi connectivity index (χ1) is 9.67. The lowest BCUT2D eigenvalue weighted by Crippen LogP contribution is -2.20. The maximum absolute atomic E-state index is 11.5. The third-order valence-corrected chi connectivity index (χ3v) is 2.98. The van der Waals surface area contributed by atoms with E-state index in [0.29, 0.717) is 17.1 Å². The number of rotatable bonds is 3. The van der Waals surface area contributed by atoms with Crippen LogP contribution >= 0.6 is 0 Å². The number of furan rings is 1. The first-order valence-electron chi connectivity index (χ1n) is 6.27. The zero-order valence-corrected chi connectivity index (χ0v) is 11.3. The normalized spacial score (nSPS) is 10.9. The molecule has 0 aliphatic heterocycles. The van der Waals surface area contributed by atoms with E-state index in [1.807, 2.05) is 29.8 Å². The van der Waals surface area contributed by atoms with Crippen LogP contribution < -0.4 is 5.32 Å². The summed E-state index contributed by atoms with van der Waals surface area (Å²) in [5, 5.41) is 2.59. The monoisotopic (exact) mass is 270 g/mol. The maximum atomic E-state index is 11.5. The van der Waals surface area contributed by atoms with Crippen LogP contribution in [0.1, 0.15) is 11.4 Å². The van der Waals surface area contributed by atoms with E-state index < -0.39 is 0 Å². The predicted octanol–water partition coefficient (Wildman–Crippen LogP) is 1.59. The van der Waals surface area contributed by atoms with E-state index in [-0.39, 0.29) is 12.3 Å². The number of likely N-dealkylation sites (N-methyl/N-ethyl adjacent to an activating group) is 1. The molecule has 3 aromatic heterocycles. The van der Waals surface area contributed by atoms with Crippen molar-refractivity contribution in [1.82, 2.24) is 19.7 Å². The topological polar surface area (TPSA) is 72.4 Å². The van der Waals surface area contributed by atoms with E-state index in [0.717, 1.165) is 11.3 Å². The molecular weight excluding hydrogens is 256 g/mol. The molecule has 0 aliphatic carbocycles. The highest BCUT2D eigenvalue weighted by Crippen LogP contribution is 2.23. The number of aromatic nitrogens is 3. The number of fused-ring (bicyclic) bond motifs is 1. The Kier molecular flexibility index (Phi) is 2.98. The quantitative estimate of drug-likeness (QED) is 0.784. The molecule has 0 bridgehead atoms. The predicted molar refractivity (Wildman–Crippen MR) is 73.2 cm³/mol. The van der Waals surface area contributed by atoms with Gasteiger partial charge in [-0.1, -0.05) is 0 Å². The third-order valence-electron chi connectivity index (χ3n) is 2.98. The van der Waals surface area contributed by atoms with Gasteiger partial charge in [0.1, 0.15) is 5.69 Å². The minimum Gasteiger partial charge on any atom is -0.463 e. The second kappa shape index (κ2) is 4.80. The SMILES string of the molecule is CNC(=O)Cc1cn2cc(C)nc2c(-c2ccco2)n1. The maximum Gasteiger partial charge on any atom is 0.225 e. The lowest BCUT2D eigenvalue weighted by molar-refractivity contribution is -0.120. The van der Waals surface area contributed by atoms with Crippen LogP contribution in [0.15, 0.2) is 35.2 Å². The highest BCUT2D eigenvalue weighted by Gasteiger charge is 2.14. The van der Waals surface area contributed by atoms with Gasteiger partial charge in [0.25, 0.3) is 0 Å². The Labute approximate surface area is 115 Å². The number of hydrogen-bond acceptors (Lipinski definition) is 4. The minimum absolute atomic E-state index is 0.0842. The number of aryl methyl sites for hydroxylation is 1. The van der Waals surface area contributed by atoms with Gasteiger partial charge in [-0.3, -0.25) is 4.79 Å². The minimum atomic E-state index is -0.0842. The second-order valence-electron chi connectivity index (χ2n) is 4.52. The fourth-order valence-electron chi connectivity index (χ4n) is 2.09. The molecule has 0 spiro atoms. The summed E-state index contributed by atoms with van der Waals surface area (Å²) in [5.41, 5.74) is 2.92. The molecule has 3 heterocycles. The first-order valence-corrected chi connectivity index (χ1v) is 6.27. The molecule has 1 amide bonds. The zero-order valence-electron chi connectivity index (χ0n) is 11.3. The van der Waals surface area contributed by atoms with Gasteiger partial charge in [-0.2, -0.15) is 0 Å². The summed E-state index contributed by atoms with van der Waals surface area (Å²) in [6.45, 7) is 1.91. The lowest BCUT2D eigenvalue weighted by Gasteiger charge is -2.05. The Hall–Kier alpha value is -2.63. The third kappa shape index (κ3) is 2.16. The number of nitrogens with one attached hydrogen (secondary N) is 1. The lowest BCUT2D eigenvalue weighted by atomic mass is 10.2. The highest BCUT2D eigenvalue weighted by molar-refractivity contribution is 5.78. The number of amides is 1. The Morgan fingerprint density at radius 1 is 1.40 bits per heavy atom. The van der Waals surface area contributed by atoms with Gasteiger partial charge in [0.05, 0.1) is 24.1 Å². The largest absolute Gasteiger partial charge is 0.463 e. The van der Waals surface area contributed by atoms with Crippen LogP contribution in [0, 0.1) is 6.92 Å². The number of carbonyl (C=O) groups excluding carboxylic acids is 1. The van der Waals surface area contributed by atoms with Crippen LogP contribution in [0.25, 0.3) is 17.1 Å². The average Bonchev–Trinajstić information content (AvgIpc) is 3.05. The molecule has 3 aromatic rings. The van der Waals surface area contributed by atoms with Gasteiger partial charge in [0.15, 0.2) is 11.4 Å². The van der Waals surface area contributed by atoms with Crippen molar-refractivity contribution in [3.8, 4) is 11.5 Å². The smallest absolute Gasteiger partial charge is 0.225 e. The molecule has 6 heteroatoms. The summed E-state index contributed by atoms with van der Waals surface area (Å²) in [4.78, 5) is 20.5. The van der Waals surface area contributed by atoms with E-state index in [1.165, 1.54) is 0 Å². The van der Waals surface area contributed by atoms with Crippen molar-refractivity contribution in [3.63, 3.8) is 0 Å². The standard InChI is InChI=1S/C14H14N4O2/c1-9-7-18-8-10(6-12(19)15-2)17-13(14(18)16-9)11-4-3-5-20-11/h3-5,7-8H,6H2,1-2H3,(H,15,19). The van der Waals surface area contributed by atoms with Crippen molar-refractivity contribution in [3.05, 3.63) is 42.2 Å². The van der Waals surface area contributed by atoms with Gasteiger partial charge in [0, 0.05) is 19.4 Å². The zero-order chi connectivity index (χ0) is 14.1. The summed E-state index contributed by atoms with van der Waals surface area (Å²) in [5.74, 6) is 0.554. The van der Waals surface area contributed by atoms with Crippen molar-refractivity contribution in [2.75, 3.05) is 7.05 Å². The van der Waals surface area contributed by atoms with Gasteiger partial charge < -0.3 is 14.1 Å². The summed E-state index contributed by atoms with van der Waals surface area (Å²) >= 11 is 0. The molecule has 0 aromatic carbocycles. The molecule has 0 atom stereocenters. The van der Waals surface area contributed by atoms with Crippen LogP contribution in [0.5, 0.6) is 0 Å². The number of carbonyl (C=O) groups is 1. The molecule has 0 fully saturated rings. The number of imidazole rings is 1. The fraction of sp³-hybridized carbons (Fsp3) is 0.214. The van der Waals surface area contributed by atoms with Crippen LogP contribution in [-0.4, -0.2) is 27.3 Å². The Morgan fingerprint density at radius 3 is 2.95 bits per heavy atom. The molecule has 0 saturated heterocycles. The number of nitrogens with zero attached hydrogens (tertiary/aromatic N) is 3. The summed E-state index contributed by atoms with van der Waals surface area (Å²) in [6, 6.07) is 3.63. The molecule has 1 N–H and O–H groups in total. The van der Waals surface area contributed by atoms with Crippen LogP contribution in [0.4, 0.5) is 0 Å². The Bertz CT molecular complexity index is 759. The van der Waals surface area contributed by atoms with Crippen molar-refractivity contribution >= 4 is 11.6 Å². The van der Waals surface area contributed by atoms with Crippen molar-refractivity contribution in [2.45, 2.75) is 13.3 Å². The van der Waals surface area contributed by atoms with Crippen LogP contribution in [-0.2, 0) is 11.2 Å². The summed E-state index contributed by atoms with van der Waals surface area (Å²) < 4.78 is 7.28. The molecule has 0 saturated carbocycles. The molecule has 3 rings (SSSR count). The molecule has 0 unspecified atom stereocenters. The van der Waals surface area contributed by atoms with Crippen molar-refractivity contribution < 1.29 is 9.21 Å². The number of hydrogen-bond donors (Lipinski definition) is 1. The highest BCUT2D eigenvalue weighted by atomic mass is 16.3. The fourth-order valence-corrected chi connectivity index (χ4v) is 2.09. The Morgan fingerprint density at radius 2 is 2.25 bits per heavy atom. The molecule has 0 aliphatic rings. The van der Waals surface area contributed by atoms with Gasteiger partial charge in [-0.05, 0) is 19.1 Å². The average molecular weight is 270 g/mol. The molecular formula is C14H14N4O2. The van der Waals surface area contributed by atoms with E-state index >= 15 is 0 Å². The van der Waals surface area contributed by atoms with Crippen molar-refractivity contribution in [2.24, 2.45) is 0 Å². The summed E-state index contributed by atoms with van der Waals surface area (Å²) in [7, 11) is 1.61. The molecule has 0 radical (unpaired) electrons. The van der Waals surface area contributed by atoms with Gasteiger partial charge >= 0.3 is 0 Å². The summed E-state index contributed by atoms with van der Waals surface area (Å²) in [6.07, 6.45) is 5.53. The molecule has 20 heavy (non-hydrogen) atoms. The van der Waals surface area contributed by atoms with Crippen LogP contribution in [0.3, 0.4) is 0 Å². The first kappa shape index (κ1) is 12.4. The van der Waals surface area contributed by atoms with Gasteiger partial charge in [-0.25, -0.2) is 9.97 Å². The molecule has 6 nitrogen and oxygen atoms in total.